The molecule has 42 heteroatoms. The number of nitrogens with zero attached hydrogens (tertiary/aromatic N) is 24. The van der Waals surface area contributed by atoms with Crippen LogP contribution in [0.1, 0.15) is 148 Å². The quantitative estimate of drug-likeness (QED) is 0.0373. The molecule has 15 aromatic heterocycles. The summed E-state index contributed by atoms with van der Waals surface area (Å²) in [6.45, 7) is 12.8. The molecule has 23 rings (SSSR count). The number of hydrogen-bond donors (Lipinski definition) is 6. The number of nitrogens with one attached hydrogen (secondary N) is 1. The number of nitrogens with two attached hydrogens (primary N) is 5. The molecule has 0 unspecified atom stereocenters. The smallest absolute Gasteiger partial charge is 0.778 e. The van der Waals surface area contributed by atoms with Crippen LogP contribution in [0.15, 0.2) is 197 Å². The van der Waals surface area contributed by atoms with E-state index in [-0.39, 0.29) is 61.9 Å². The molecule has 0 aromatic carbocycles. The van der Waals surface area contributed by atoms with Gasteiger partial charge in [0.1, 0.15) is 36.4 Å². The number of fused-ring (bicyclic) bond motifs is 8. The Morgan fingerprint density at radius 1 is 0.427 bits per heavy atom. The molecule has 4 aliphatic carbocycles. The minimum Gasteiger partial charge on any atom is -0.778 e. The van der Waals surface area contributed by atoms with E-state index in [4.69, 9.17) is 103 Å². The van der Waals surface area contributed by atoms with E-state index in [1.165, 1.54) is 122 Å². The van der Waals surface area contributed by atoms with Crippen molar-refractivity contribution in [1.82, 2.24) is 108 Å². The van der Waals surface area contributed by atoms with Crippen LogP contribution in [0.25, 0.3) is 22.5 Å². The van der Waals surface area contributed by atoms with Crippen molar-refractivity contribution in [3.8, 4) is 0 Å². The van der Waals surface area contributed by atoms with E-state index in [9.17, 15) is 0 Å². The molecule has 4 radical (unpaired) electrons. The van der Waals surface area contributed by atoms with Crippen LogP contribution in [0.5, 0.6) is 0 Å². The van der Waals surface area contributed by atoms with Crippen molar-refractivity contribution in [2.75, 3.05) is 84.3 Å². The summed E-state index contributed by atoms with van der Waals surface area (Å²) in [6.07, 6.45) is 48.5. The standard InChI is InChI=1S/C23H23ClN8S.C22H22ClN9S.C20H21IN4.C12H17N3.C5H2ClIN4.C5H5ClN2S.2CH4.B2.Na/c1-14-16-11-26-6-2-15(16)10-23(14)4-8-31(9-5-23)22-28-12-18(21-30-29-13-32(21)22)33-17-3-7-27-20(25)19(17)24;23-17-15(2-6-27-19(17)25)33-16-11-28-21(32-12-29-30-20(16)32)31-7-3-22(4-8-31)9-13-1-5-26-10-14(13)18(22)24;1-14-16-12-22-7-4-15(16)11-20(14)5-9-24(10-6-20)19-23-13-17(21)18-3-2-8-25(18)19;13-11-10-8-15-4-1-9(10)7-12(11)2-5-14-6-3-12;6-5-8-1-3(7)4-10-9-2-11(4)5;6-4-3(9)1-2-8-5(4)7;;;1-2;/h2-3,6-7,11-14H,4-5,8-10H2,1H3,(H2,25,27);1-2,5-6,10-12,18H,3-4,7-9,24H2,(H2,25,27);2-4,7-8,12-14H,5-6,9-11H2,1H3;1,4,8,11,14H,2-3,5-7,13H2;1-2H;1-2H,(H3,7,8,9);2*1H4;;/q;;;;;;;;;+1/p-1/t14-;18-;14-;11-;;;;;;/m1010....../s1. The second-order valence-electron chi connectivity index (χ2n) is 33.3. The fraction of sp³-hybridized carbons (Fsp3) is 0.360. The molecule has 670 valence electrons. The third-order valence-electron chi connectivity index (χ3n) is 26.8. The van der Waals surface area contributed by atoms with Gasteiger partial charge in [0.25, 0.3) is 0 Å². The van der Waals surface area contributed by atoms with Crippen LogP contribution in [0.2, 0.25) is 20.4 Å². The average molecular weight is 2120 g/mol. The predicted octanol–water partition coefficient (Wildman–Crippen LogP) is 12.8. The van der Waals surface area contributed by atoms with Crippen molar-refractivity contribution in [3.63, 3.8) is 0 Å². The Morgan fingerprint density at radius 2 is 0.802 bits per heavy atom. The van der Waals surface area contributed by atoms with Crippen molar-refractivity contribution in [3.05, 3.63) is 245 Å². The molecule has 4 aliphatic heterocycles. The fourth-order valence-electron chi connectivity index (χ4n) is 19.6. The van der Waals surface area contributed by atoms with E-state index in [1.807, 2.05) is 76.7 Å². The van der Waals surface area contributed by atoms with Gasteiger partial charge in [0.05, 0.1) is 37.5 Å². The topological polar surface area (TPSA) is 389 Å². The summed E-state index contributed by atoms with van der Waals surface area (Å²) in [5.74, 6) is 4.83. The monoisotopic (exact) mass is 2120 g/mol. The van der Waals surface area contributed by atoms with Gasteiger partial charge in [0.15, 0.2) is 16.9 Å². The number of halogens is 6. The van der Waals surface area contributed by atoms with Crippen molar-refractivity contribution >= 4 is 201 Å². The van der Waals surface area contributed by atoms with Gasteiger partial charge in [-0.3, -0.25) is 28.7 Å². The molecule has 4 spiro atoms. The Morgan fingerprint density at radius 3 is 1.23 bits per heavy atom. The van der Waals surface area contributed by atoms with E-state index >= 15 is 0 Å². The van der Waals surface area contributed by atoms with Gasteiger partial charge < -0.3 is 61.3 Å². The van der Waals surface area contributed by atoms with Crippen LogP contribution in [-0.2, 0) is 38.3 Å². The molecular weight excluding hydrogens is 2030 g/mol. The minimum absolute atomic E-state index is 0. The summed E-state index contributed by atoms with van der Waals surface area (Å²) in [5.41, 5.74) is 45.8. The molecule has 30 nitrogen and oxygen atoms in total. The molecule has 4 saturated heterocycles. The van der Waals surface area contributed by atoms with Gasteiger partial charge in [-0.2, -0.15) is 4.90 Å². The number of anilines is 6. The Labute approximate surface area is 846 Å². The number of piperidine rings is 4. The third kappa shape index (κ3) is 20.0. The van der Waals surface area contributed by atoms with Crippen LogP contribution in [0, 0.1) is 28.8 Å². The van der Waals surface area contributed by atoms with Crippen molar-refractivity contribution in [2.24, 2.45) is 33.1 Å². The predicted molar refractivity (Wildman–Crippen MR) is 536 cm³/mol. The van der Waals surface area contributed by atoms with Gasteiger partial charge >= 0.3 is 29.6 Å². The Hall–Kier alpha value is -8.26. The van der Waals surface area contributed by atoms with Gasteiger partial charge in [-0.1, -0.05) is 93.1 Å². The van der Waals surface area contributed by atoms with Crippen LogP contribution < -0.4 is 78.2 Å². The van der Waals surface area contributed by atoms with E-state index in [0.29, 0.717) is 70.8 Å². The van der Waals surface area contributed by atoms with Crippen molar-refractivity contribution in [2.45, 2.75) is 154 Å². The Kier molecular flexibility index (Phi) is 32.2. The van der Waals surface area contributed by atoms with E-state index in [2.05, 4.69) is 224 Å². The Balaban J connectivity index is 0.000000132. The molecule has 4 fully saturated rings. The second kappa shape index (κ2) is 42.8. The molecule has 8 aliphatic rings. The van der Waals surface area contributed by atoms with Crippen LogP contribution in [-0.4, -0.2) is 171 Å². The van der Waals surface area contributed by atoms with Gasteiger partial charge in [0.2, 0.25) is 23.1 Å². The summed E-state index contributed by atoms with van der Waals surface area (Å²) in [5, 5.41) is 29.6. The van der Waals surface area contributed by atoms with Crippen LogP contribution >= 0.6 is 115 Å². The first kappa shape index (κ1) is 98.7. The molecule has 4 atom stereocenters. The first-order valence-electron chi connectivity index (χ1n) is 41.8. The summed E-state index contributed by atoms with van der Waals surface area (Å²) >= 11 is 36.2. The number of hydrogen-bond acceptors (Lipinski definition) is 29. The van der Waals surface area contributed by atoms with E-state index in [0.717, 1.165) is 155 Å². The molecule has 19 heterocycles. The first-order valence-corrected chi connectivity index (χ1v) is 47.6. The van der Waals surface area contributed by atoms with Gasteiger partial charge in [0, 0.05) is 176 Å². The average Bonchev–Trinajstić information content (AvgIpc) is 1.62. The number of nitrogen functional groups attached to an aromatic ring is 3. The van der Waals surface area contributed by atoms with Crippen molar-refractivity contribution in [1.29, 1.82) is 0 Å². The molecular formula is C89H97B2Cl4I2N30NaS3. The molecule has 0 saturated carbocycles. The second-order valence-corrected chi connectivity index (χ2v) is 39.7. The molecule has 11 N–H and O–H groups in total. The van der Waals surface area contributed by atoms with E-state index < -0.39 is 0 Å². The summed E-state index contributed by atoms with van der Waals surface area (Å²) in [6, 6.07) is 18.4. The molecule has 131 heavy (non-hydrogen) atoms. The zero-order valence-electron chi connectivity index (χ0n) is 70.9. The van der Waals surface area contributed by atoms with Gasteiger partial charge in [-0.05, 0) is 273 Å². The van der Waals surface area contributed by atoms with Crippen LogP contribution in [0.4, 0.5) is 35.3 Å². The molecule has 0 bridgehead atoms. The van der Waals surface area contributed by atoms with Gasteiger partial charge in [-0.25, -0.2) is 43.7 Å². The normalized spacial score (nSPS) is 18.7. The Bertz CT molecular complexity index is 6250. The van der Waals surface area contributed by atoms with E-state index in [1.54, 1.807) is 41.7 Å². The number of aromatic nitrogens is 21. The maximum Gasteiger partial charge on any atom is 1.00 e. The maximum absolute atomic E-state index is 6.70. The largest absolute Gasteiger partial charge is 1.00 e. The SMILES string of the molecule is C.C.C[C@@H]1c2cnccc2CC12CCN(c1ncc(I)c3cccn13)CC2.C[C@@H]1c2cnccc2CC12CCN(c1ncc(Sc3ccnc(N)c3Cl)c3nncn13)CC2.Clc1ncc(I)c2nncn12.N[C@H]1c2cnccc2CC12CCNCC2.Nc1nccc(Sc2cnc(N3CCC4(CC3)Cc3ccncc3[C@@H]4N)n3cnnc23)c1Cl.Nc1nccc([S-])c1Cl.[B][B].[Na+]. The zero-order chi connectivity index (χ0) is 89.2. The van der Waals surface area contributed by atoms with Gasteiger partial charge in [-0.15, -0.1) is 30.6 Å². The maximum atomic E-state index is 6.70. The summed E-state index contributed by atoms with van der Waals surface area (Å²) < 4.78 is 9.90. The first-order chi connectivity index (χ1) is 62.1. The molecule has 0 amide bonds. The van der Waals surface area contributed by atoms with Crippen LogP contribution in [0.3, 0.4) is 0 Å². The minimum atomic E-state index is 0. The zero-order valence-corrected chi connectivity index (χ0v) is 82.7. The number of pyridine rings is 7. The van der Waals surface area contributed by atoms with Crippen molar-refractivity contribution < 1.29 is 29.6 Å². The third-order valence-corrected chi connectivity index (χ3v) is 32.7. The summed E-state index contributed by atoms with van der Waals surface area (Å²) in [7, 11) is 8.00. The molecule has 15 aromatic rings. The number of rotatable bonds is 7. The fourth-order valence-corrected chi connectivity index (χ4v) is 23.3. The summed E-state index contributed by atoms with van der Waals surface area (Å²) in [4.78, 5) is 58.2.